The molecule has 0 unspecified atom stereocenters. The van der Waals surface area contributed by atoms with Crippen molar-refractivity contribution in [2.24, 2.45) is 5.92 Å². The molecule has 3 N–H and O–H groups in total. The summed E-state index contributed by atoms with van der Waals surface area (Å²) < 4.78 is 5.76. The van der Waals surface area contributed by atoms with Crippen LogP contribution in [-0.2, 0) is 12.8 Å². The third kappa shape index (κ3) is 2.87. The standard InChI is InChI=1S/C19H21BrN2O3S/c1-3-9-4-5-11-14(6-9)26-19-15(11)18(24)21-17(22-19)10-7-12(20)16(23)13(8-10)25-2/h7-9,17,22-23H,3-6H2,1-2H3,(H,21,24)/t9-,17+/m1/s1. The van der Waals surface area contributed by atoms with E-state index in [1.807, 2.05) is 0 Å². The van der Waals surface area contributed by atoms with E-state index in [1.165, 1.54) is 24.0 Å². The van der Waals surface area contributed by atoms with Crippen LogP contribution in [0.4, 0.5) is 5.00 Å². The molecule has 1 amide bonds. The first kappa shape index (κ1) is 17.7. The zero-order valence-corrected chi connectivity index (χ0v) is 17.1. The third-order valence-electron chi connectivity index (χ3n) is 5.33. The highest BCUT2D eigenvalue weighted by Crippen LogP contribution is 2.44. The van der Waals surface area contributed by atoms with Gasteiger partial charge in [-0.1, -0.05) is 13.3 Å². The molecule has 4 rings (SSSR count). The minimum atomic E-state index is -0.358. The Morgan fingerprint density at radius 1 is 1.38 bits per heavy atom. The highest BCUT2D eigenvalue weighted by atomic mass is 79.9. The quantitative estimate of drug-likeness (QED) is 0.657. The first-order valence-electron chi connectivity index (χ1n) is 8.80. The highest BCUT2D eigenvalue weighted by Gasteiger charge is 2.33. The number of aromatic hydroxyl groups is 1. The van der Waals surface area contributed by atoms with Gasteiger partial charge in [0, 0.05) is 4.88 Å². The molecular weight excluding hydrogens is 416 g/mol. The number of hydrogen-bond acceptors (Lipinski definition) is 5. The van der Waals surface area contributed by atoms with E-state index in [0.717, 1.165) is 41.3 Å². The van der Waals surface area contributed by atoms with Crippen molar-refractivity contribution in [3.8, 4) is 11.5 Å². The van der Waals surface area contributed by atoms with Crippen LogP contribution in [0.2, 0.25) is 0 Å². The fraction of sp³-hybridized carbons (Fsp3) is 0.421. The number of carbonyl (C=O) groups is 1. The van der Waals surface area contributed by atoms with E-state index < -0.39 is 0 Å². The molecule has 0 saturated heterocycles. The second kappa shape index (κ2) is 6.78. The van der Waals surface area contributed by atoms with Crippen molar-refractivity contribution < 1.29 is 14.6 Å². The zero-order chi connectivity index (χ0) is 18.4. The van der Waals surface area contributed by atoms with E-state index >= 15 is 0 Å². The van der Waals surface area contributed by atoms with Crippen molar-refractivity contribution >= 4 is 38.2 Å². The molecule has 1 aromatic heterocycles. The summed E-state index contributed by atoms with van der Waals surface area (Å²) in [5.41, 5.74) is 2.87. The molecule has 0 fully saturated rings. The van der Waals surface area contributed by atoms with E-state index in [0.29, 0.717) is 10.2 Å². The zero-order valence-electron chi connectivity index (χ0n) is 14.7. The summed E-state index contributed by atoms with van der Waals surface area (Å²) in [6, 6.07) is 3.53. The van der Waals surface area contributed by atoms with Gasteiger partial charge in [-0.05, 0) is 64.4 Å². The fourth-order valence-corrected chi connectivity index (χ4v) is 5.64. The SMILES string of the molecule is CC[C@@H]1CCc2c(sc3c2C(=O)N[C@H](c2cc(Br)c(O)c(OC)c2)N3)C1. The Labute approximate surface area is 164 Å². The van der Waals surface area contributed by atoms with Crippen LogP contribution in [0.3, 0.4) is 0 Å². The summed E-state index contributed by atoms with van der Waals surface area (Å²) in [7, 11) is 1.51. The number of phenolic OH excluding ortho intramolecular Hbond substituents is 1. The molecule has 1 aliphatic heterocycles. The maximum Gasteiger partial charge on any atom is 0.256 e. The van der Waals surface area contributed by atoms with E-state index in [1.54, 1.807) is 23.5 Å². The monoisotopic (exact) mass is 436 g/mol. The maximum atomic E-state index is 12.8. The molecule has 138 valence electrons. The summed E-state index contributed by atoms with van der Waals surface area (Å²) in [6.07, 6.45) is 4.04. The lowest BCUT2D eigenvalue weighted by Gasteiger charge is -2.27. The Kier molecular flexibility index (Phi) is 4.61. The number of carbonyl (C=O) groups excluding carboxylic acids is 1. The van der Waals surface area contributed by atoms with Crippen LogP contribution in [0.25, 0.3) is 0 Å². The number of hydrogen-bond donors (Lipinski definition) is 3. The van der Waals surface area contributed by atoms with Crippen molar-refractivity contribution in [3.63, 3.8) is 0 Å². The average Bonchev–Trinajstić information content (AvgIpc) is 3.01. The Morgan fingerprint density at radius 3 is 2.92 bits per heavy atom. The van der Waals surface area contributed by atoms with Gasteiger partial charge < -0.3 is 20.5 Å². The molecule has 0 spiro atoms. The number of amides is 1. The van der Waals surface area contributed by atoms with Crippen LogP contribution in [0.15, 0.2) is 16.6 Å². The molecule has 2 heterocycles. The van der Waals surface area contributed by atoms with Crippen LogP contribution in [-0.4, -0.2) is 18.1 Å². The van der Waals surface area contributed by atoms with E-state index in [-0.39, 0.29) is 17.8 Å². The minimum Gasteiger partial charge on any atom is -0.503 e. The van der Waals surface area contributed by atoms with Gasteiger partial charge in [0.05, 0.1) is 17.1 Å². The fourth-order valence-electron chi connectivity index (χ4n) is 3.80. The summed E-state index contributed by atoms with van der Waals surface area (Å²) in [4.78, 5) is 14.2. The number of fused-ring (bicyclic) bond motifs is 3. The number of ether oxygens (including phenoxy) is 1. The van der Waals surface area contributed by atoms with Gasteiger partial charge >= 0.3 is 0 Å². The molecule has 2 aromatic rings. The number of benzene rings is 1. The van der Waals surface area contributed by atoms with E-state index in [4.69, 9.17) is 4.74 Å². The van der Waals surface area contributed by atoms with E-state index in [9.17, 15) is 9.90 Å². The van der Waals surface area contributed by atoms with Crippen LogP contribution in [0, 0.1) is 5.92 Å². The Balaban J connectivity index is 1.68. The Hall–Kier alpha value is -1.73. The molecular formula is C19H21BrN2O3S. The molecule has 1 aliphatic carbocycles. The molecule has 7 heteroatoms. The van der Waals surface area contributed by atoms with Gasteiger partial charge in [0.15, 0.2) is 11.5 Å². The predicted molar refractivity (Wildman–Crippen MR) is 106 cm³/mol. The summed E-state index contributed by atoms with van der Waals surface area (Å²) in [5, 5.41) is 17.5. The normalized spacial score (nSPS) is 21.4. The molecule has 0 bridgehead atoms. The summed E-state index contributed by atoms with van der Waals surface area (Å²) in [5.74, 6) is 1.11. The largest absolute Gasteiger partial charge is 0.503 e. The predicted octanol–water partition coefficient (Wildman–Crippen LogP) is 4.59. The molecule has 26 heavy (non-hydrogen) atoms. The lowest BCUT2D eigenvalue weighted by molar-refractivity contribution is 0.0935. The van der Waals surface area contributed by atoms with Crippen LogP contribution < -0.4 is 15.4 Å². The van der Waals surface area contributed by atoms with Crippen molar-refractivity contribution in [1.29, 1.82) is 0 Å². The van der Waals surface area contributed by atoms with Gasteiger partial charge in [0.2, 0.25) is 0 Å². The number of halogens is 1. The highest BCUT2D eigenvalue weighted by molar-refractivity contribution is 9.10. The van der Waals surface area contributed by atoms with Gasteiger partial charge in [-0.2, -0.15) is 0 Å². The molecule has 1 aromatic carbocycles. The van der Waals surface area contributed by atoms with Crippen LogP contribution in [0.5, 0.6) is 11.5 Å². The van der Waals surface area contributed by atoms with Crippen molar-refractivity contribution in [2.45, 2.75) is 38.8 Å². The minimum absolute atomic E-state index is 0.0284. The third-order valence-corrected chi connectivity index (χ3v) is 7.12. The second-order valence-corrected chi connectivity index (χ2v) is 8.79. The number of thiophene rings is 1. The first-order valence-corrected chi connectivity index (χ1v) is 10.4. The van der Waals surface area contributed by atoms with Crippen LogP contribution in [0.1, 0.15) is 52.3 Å². The second-order valence-electron chi connectivity index (χ2n) is 6.83. The Morgan fingerprint density at radius 2 is 2.19 bits per heavy atom. The molecule has 2 atom stereocenters. The number of rotatable bonds is 3. The van der Waals surface area contributed by atoms with Crippen LogP contribution >= 0.6 is 27.3 Å². The average molecular weight is 437 g/mol. The van der Waals surface area contributed by atoms with Gasteiger partial charge in [0.1, 0.15) is 11.2 Å². The van der Waals surface area contributed by atoms with E-state index in [2.05, 4.69) is 33.5 Å². The summed E-state index contributed by atoms with van der Waals surface area (Å²) in [6.45, 7) is 2.24. The van der Waals surface area contributed by atoms with Gasteiger partial charge in [-0.3, -0.25) is 4.79 Å². The number of phenols is 1. The topological polar surface area (TPSA) is 70.6 Å². The first-order chi connectivity index (χ1) is 12.5. The maximum absolute atomic E-state index is 12.8. The molecule has 5 nitrogen and oxygen atoms in total. The molecule has 2 aliphatic rings. The Bertz CT molecular complexity index is 880. The van der Waals surface area contributed by atoms with Crippen molar-refractivity contribution in [1.82, 2.24) is 5.32 Å². The van der Waals surface area contributed by atoms with Crippen molar-refractivity contribution in [2.75, 3.05) is 12.4 Å². The van der Waals surface area contributed by atoms with Gasteiger partial charge in [0.25, 0.3) is 5.91 Å². The smallest absolute Gasteiger partial charge is 0.256 e. The number of anilines is 1. The lowest BCUT2D eigenvalue weighted by atomic mass is 9.85. The number of methoxy groups -OCH3 is 1. The van der Waals surface area contributed by atoms with Gasteiger partial charge in [-0.25, -0.2) is 0 Å². The number of nitrogens with one attached hydrogen (secondary N) is 2. The molecule has 0 radical (unpaired) electrons. The lowest BCUT2D eigenvalue weighted by Crippen LogP contribution is -2.38. The van der Waals surface area contributed by atoms with Gasteiger partial charge in [-0.15, -0.1) is 11.3 Å². The molecule has 0 saturated carbocycles. The summed E-state index contributed by atoms with van der Waals surface area (Å²) >= 11 is 5.06. The van der Waals surface area contributed by atoms with Crippen molar-refractivity contribution in [3.05, 3.63) is 38.2 Å².